The van der Waals surface area contributed by atoms with Crippen LogP contribution in [0.15, 0.2) is 54.0 Å². The lowest BCUT2D eigenvalue weighted by Crippen LogP contribution is -2.14. The number of amides is 1. The van der Waals surface area contributed by atoms with Crippen LogP contribution in [0, 0.1) is 13.8 Å². The molecule has 3 aromatic rings. The summed E-state index contributed by atoms with van der Waals surface area (Å²) in [5.74, 6) is 0.503. The number of thiophene rings is 1. The first-order valence-corrected chi connectivity index (χ1v) is 8.61. The molecule has 2 heterocycles. The van der Waals surface area contributed by atoms with Crippen molar-refractivity contribution < 1.29 is 4.79 Å². The van der Waals surface area contributed by atoms with Crippen molar-refractivity contribution >= 4 is 34.4 Å². The van der Waals surface area contributed by atoms with Gasteiger partial charge in [0.05, 0.1) is 18.3 Å². The molecule has 0 unspecified atom stereocenters. The predicted molar refractivity (Wildman–Crippen MR) is 100 cm³/mol. The Labute approximate surface area is 145 Å². The van der Waals surface area contributed by atoms with E-state index in [1.165, 1.54) is 11.1 Å². The molecule has 0 aliphatic heterocycles. The Morgan fingerprint density at radius 1 is 1.12 bits per heavy atom. The summed E-state index contributed by atoms with van der Waals surface area (Å²) in [6, 6.07) is 13.8. The van der Waals surface area contributed by atoms with E-state index in [-0.39, 0.29) is 5.91 Å². The van der Waals surface area contributed by atoms with Crippen LogP contribution in [0.4, 0.5) is 17.2 Å². The maximum absolute atomic E-state index is 12.0. The van der Waals surface area contributed by atoms with Crippen molar-refractivity contribution in [1.82, 2.24) is 4.98 Å². The van der Waals surface area contributed by atoms with Crippen molar-refractivity contribution in [1.29, 1.82) is 0 Å². The zero-order chi connectivity index (χ0) is 16.9. The van der Waals surface area contributed by atoms with Crippen LogP contribution in [0.3, 0.4) is 0 Å². The van der Waals surface area contributed by atoms with Gasteiger partial charge in [-0.2, -0.15) is 0 Å². The van der Waals surface area contributed by atoms with Crippen LogP contribution < -0.4 is 10.6 Å². The van der Waals surface area contributed by atoms with E-state index in [2.05, 4.69) is 35.5 Å². The minimum absolute atomic E-state index is 0.0554. The Morgan fingerprint density at radius 2 is 2.00 bits per heavy atom. The molecule has 1 aromatic carbocycles. The molecule has 0 saturated heterocycles. The van der Waals surface area contributed by atoms with Crippen molar-refractivity contribution in [3.8, 4) is 0 Å². The van der Waals surface area contributed by atoms with E-state index < -0.39 is 0 Å². The average molecular weight is 337 g/mol. The summed E-state index contributed by atoms with van der Waals surface area (Å²) in [5, 5.41) is 8.14. The molecule has 2 aromatic heterocycles. The second-order valence-corrected chi connectivity index (χ2v) is 6.64. The fourth-order valence-electron chi connectivity index (χ4n) is 2.34. The third kappa shape index (κ3) is 4.00. The first kappa shape index (κ1) is 16.2. The summed E-state index contributed by atoms with van der Waals surface area (Å²) in [5.41, 5.74) is 4.41. The van der Waals surface area contributed by atoms with Gasteiger partial charge in [-0.1, -0.05) is 18.2 Å². The summed E-state index contributed by atoms with van der Waals surface area (Å²) in [7, 11) is 0. The Bertz CT molecular complexity index is 826. The maximum Gasteiger partial charge on any atom is 0.230 e. The Morgan fingerprint density at radius 3 is 2.71 bits per heavy atom. The molecule has 2 N–H and O–H groups in total. The monoisotopic (exact) mass is 337 g/mol. The highest BCUT2D eigenvalue weighted by atomic mass is 32.1. The zero-order valence-electron chi connectivity index (χ0n) is 13.7. The minimum atomic E-state index is -0.0554. The number of hydrogen-bond acceptors (Lipinski definition) is 4. The molecule has 1 amide bonds. The lowest BCUT2D eigenvalue weighted by molar-refractivity contribution is -0.115. The fraction of sp³-hybridized carbons (Fsp3) is 0.158. The summed E-state index contributed by atoms with van der Waals surface area (Å²) < 4.78 is 0. The lowest BCUT2D eigenvalue weighted by Gasteiger charge is -2.11. The molecule has 4 nitrogen and oxygen atoms in total. The second-order valence-electron chi connectivity index (χ2n) is 5.61. The summed E-state index contributed by atoms with van der Waals surface area (Å²) in [4.78, 5) is 17.3. The van der Waals surface area contributed by atoms with Gasteiger partial charge in [0.25, 0.3) is 0 Å². The van der Waals surface area contributed by atoms with Crippen LogP contribution >= 0.6 is 11.3 Å². The number of hydrogen-bond donors (Lipinski definition) is 2. The molecular weight excluding hydrogens is 318 g/mol. The predicted octanol–water partition coefficient (Wildman–Crippen LogP) is 4.68. The quantitative estimate of drug-likeness (QED) is 0.710. The molecule has 0 fully saturated rings. The normalized spacial score (nSPS) is 10.4. The number of nitrogens with one attached hydrogen (secondary N) is 2. The highest BCUT2D eigenvalue weighted by Crippen LogP contribution is 2.23. The number of anilines is 3. The number of aromatic nitrogens is 1. The standard InChI is InChI=1S/C19H19N3OS/c1-13-5-3-7-17(14(13)2)21-15-8-9-18(20-12-15)22-19(23)11-16-6-4-10-24-16/h3-10,12,21H,11H2,1-2H3,(H,20,22,23). The van der Waals surface area contributed by atoms with Crippen molar-refractivity contribution in [2.75, 3.05) is 10.6 Å². The smallest absolute Gasteiger partial charge is 0.230 e. The van der Waals surface area contributed by atoms with Gasteiger partial charge in [-0.25, -0.2) is 4.98 Å². The molecule has 5 heteroatoms. The van der Waals surface area contributed by atoms with Crippen LogP contribution in [0.5, 0.6) is 0 Å². The van der Waals surface area contributed by atoms with Crippen molar-refractivity contribution in [2.24, 2.45) is 0 Å². The Hall–Kier alpha value is -2.66. The van der Waals surface area contributed by atoms with Crippen LogP contribution in [-0.2, 0) is 11.2 Å². The van der Waals surface area contributed by atoms with Gasteiger partial charge in [0, 0.05) is 10.6 Å². The largest absolute Gasteiger partial charge is 0.354 e. The van der Waals surface area contributed by atoms with E-state index >= 15 is 0 Å². The fourth-order valence-corrected chi connectivity index (χ4v) is 3.05. The highest BCUT2D eigenvalue weighted by Gasteiger charge is 2.06. The van der Waals surface area contributed by atoms with Gasteiger partial charge >= 0.3 is 0 Å². The zero-order valence-corrected chi connectivity index (χ0v) is 14.5. The van der Waals surface area contributed by atoms with E-state index in [9.17, 15) is 4.79 Å². The van der Waals surface area contributed by atoms with Gasteiger partial charge in [0.15, 0.2) is 0 Å². The molecule has 0 spiro atoms. The third-order valence-electron chi connectivity index (χ3n) is 3.83. The van der Waals surface area contributed by atoms with E-state index in [1.807, 2.05) is 35.7 Å². The van der Waals surface area contributed by atoms with Crippen molar-refractivity contribution in [2.45, 2.75) is 20.3 Å². The highest BCUT2D eigenvalue weighted by molar-refractivity contribution is 7.10. The number of aryl methyl sites for hydroxylation is 1. The number of carbonyl (C=O) groups is 1. The van der Waals surface area contributed by atoms with Gasteiger partial charge in [0.2, 0.25) is 5.91 Å². The van der Waals surface area contributed by atoms with Gasteiger partial charge in [-0.3, -0.25) is 4.79 Å². The minimum Gasteiger partial charge on any atom is -0.354 e. The maximum atomic E-state index is 12.0. The number of carbonyl (C=O) groups excluding carboxylic acids is 1. The third-order valence-corrected chi connectivity index (χ3v) is 4.71. The second kappa shape index (κ2) is 7.27. The topological polar surface area (TPSA) is 54.0 Å². The molecule has 3 rings (SSSR count). The first-order chi connectivity index (χ1) is 11.6. The molecule has 0 atom stereocenters. The average Bonchev–Trinajstić information content (AvgIpc) is 3.06. The number of rotatable bonds is 5. The molecule has 0 bridgehead atoms. The van der Waals surface area contributed by atoms with E-state index in [4.69, 9.17) is 0 Å². The summed E-state index contributed by atoms with van der Waals surface area (Å²) in [6.07, 6.45) is 2.10. The molecule has 0 aliphatic carbocycles. The summed E-state index contributed by atoms with van der Waals surface area (Å²) in [6.45, 7) is 4.18. The molecule has 0 radical (unpaired) electrons. The van der Waals surface area contributed by atoms with E-state index in [1.54, 1.807) is 23.6 Å². The first-order valence-electron chi connectivity index (χ1n) is 7.73. The van der Waals surface area contributed by atoms with Crippen LogP contribution in [0.25, 0.3) is 0 Å². The van der Waals surface area contributed by atoms with Crippen LogP contribution in [-0.4, -0.2) is 10.9 Å². The van der Waals surface area contributed by atoms with Gasteiger partial charge in [0.1, 0.15) is 5.82 Å². The van der Waals surface area contributed by atoms with Gasteiger partial charge in [-0.15, -0.1) is 11.3 Å². The number of nitrogens with zero attached hydrogens (tertiary/aromatic N) is 1. The molecule has 122 valence electrons. The summed E-state index contributed by atoms with van der Waals surface area (Å²) >= 11 is 1.58. The van der Waals surface area contributed by atoms with Crippen molar-refractivity contribution in [3.63, 3.8) is 0 Å². The molecule has 24 heavy (non-hydrogen) atoms. The van der Waals surface area contributed by atoms with Crippen molar-refractivity contribution in [3.05, 3.63) is 70.0 Å². The van der Waals surface area contributed by atoms with E-state index in [0.717, 1.165) is 16.3 Å². The molecule has 0 saturated carbocycles. The molecular formula is C19H19N3OS. The SMILES string of the molecule is Cc1cccc(Nc2ccc(NC(=O)Cc3cccs3)nc2)c1C. The lowest BCUT2D eigenvalue weighted by atomic mass is 10.1. The van der Waals surface area contributed by atoms with Crippen LogP contribution in [0.1, 0.15) is 16.0 Å². The molecule has 0 aliphatic rings. The number of benzene rings is 1. The van der Waals surface area contributed by atoms with Crippen LogP contribution in [0.2, 0.25) is 0 Å². The van der Waals surface area contributed by atoms with Gasteiger partial charge in [-0.05, 0) is 54.6 Å². The number of pyridine rings is 1. The Kier molecular flexibility index (Phi) is 4.91. The van der Waals surface area contributed by atoms with E-state index in [0.29, 0.717) is 12.2 Å². The van der Waals surface area contributed by atoms with Gasteiger partial charge < -0.3 is 10.6 Å². The Balaban J connectivity index is 1.63.